The minimum atomic E-state index is -1.19. The maximum absolute atomic E-state index is 13.2. The van der Waals surface area contributed by atoms with Gasteiger partial charge in [-0.3, -0.25) is 19.4 Å². The van der Waals surface area contributed by atoms with Crippen LogP contribution < -0.4 is 33.6 Å². The van der Waals surface area contributed by atoms with E-state index in [0.717, 1.165) is 0 Å². The Kier molecular flexibility index (Phi) is 12.1. The fourth-order valence-electron chi connectivity index (χ4n) is 3.59. The first-order valence-electron chi connectivity index (χ1n) is 11.2. The zero-order chi connectivity index (χ0) is 25.0. The molecule has 0 bridgehead atoms. The first-order chi connectivity index (χ1) is 15.6. The molecule has 0 saturated carbocycles. The lowest BCUT2D eigenvalue weighted by Gasteiger charge is -2.30. The Morgan fingerprint density at radius 3 is 2.33 bits per heavy atom. The Balaban J connectivity index is 2.84. The third kappa shape index (κ3) is 9.61. The average molecular weight is 471 g/mol. The third-order valence-corrected chi connectivity index (χ3v) is 5.37. The number of nitrogens with zero attached hydrogens (tertiary/aromatic N) is 2. The number of carboxylic acids is 1. The van der Waals surface area contributed by atoms with E-state index in [1.54, 1.807) is 0 Å². The molecule has 0 aromatic rings. The summed E-state index contributed by atoms with van der Waals surface area (Å²) in [7, 11) is 0. The molecule has 0 aromatic heterocycles. The van der Waals surface area contributed by atoms with E-state index in [-0.39, 0.29) is 18.9 Å². The van der Waals surface area contributed by atoms with Gasteiger partial charge in [-0.2, -0.15) is 0 Å². The summed E-state index contributed by atoms with van der Waals surface area (Å²) in [5.41, 5.74) is 21.7. The molecule has 1 saturated heterocycles. The van der Waals surface area contributed by atoms with Crippen LogP contribution in [0.5, 0.6) is 0 Å². The van der Waals surface area contributed by atoms with E-state index in [0.29, 0.717) is 51.6 Å². The highest BCUT2D eigenvalue weighted by molar-refractivity contribution is 5.94. The summed E-state index contributed by atoms with van der Waals surface area (Å²) in [6, 6.07) is -3.58. The van der Waals surface area contributed by atoms with Crippen LogP contribution in [0.3, 0.4) is 0 Å². The van der Waals surface area contributed by atoms with Crippen molar-refractivity contribution in [3.63, 3.8) is 0 Å². The molecule has 1 rings (SSSR count). The number of unbranched alkanes of at least 4 members (excludes halogenated alkanes) is 1. The lowest BCUT2D eigenvalue weighted by atomic mass is 10.1. The van der Waals surface area contributed by atoms with Crippen LogP contribution in [-0.4, -0.2) is 83.5 Å². The van der Waals surface area contributed by atoms with Crippen molar-refractivity contribution in [1.29, 1.82) is 0 Å². The van der Waals surface area contributed by atoms with Gasteiger partial charge in [0, 0.05) is 13.1 Å². The van der Waals surface area contributed by atoms with Crippen molar-refractivity contribution in [2.24, 2.45) is 27.9 Å². The van der Waals surface area contributed by atoms with Gasteiger partial charge in [-0.25, -0.2) is 4.79 Å². The number of amides is 3. The van der Waals surface area contributed by atoms with Gasteiger partial charge in [-0.15, -0.1) is 0 Å². The largest absolute Gasteiger partial charge is 0.480 e. The molecule has 0 radical (unpaired) electrons. The number of nitrogens with two attached hydrogens (primary N) is 4. The molecule has 33 heavy (non-hydrogen) atoms. The van der Waals surface area contributed by atoms with Gasteiger partial charge >= 0.3 is 5.97 Å². The van der Waals surface area contributed by atoms with E-state index >= 15 is 0 Å². The number of aliphatic carboxylic acids is 1. The second kappa shape index (κ2) is 14.3. The predicted octanol–water partition coefficient (Wildman–Crippen LogP) is -2.44. The molecule has 1 aliphatic heterocycles. The van der Waals surface area contributed by atoms with E-state index in [9.17, 15) is 24.3 Å². The van der Waals surface area contributed by atoms with E-state index in [4.69, 9.17) is 22.9 Å². The normalized spacial score (nSPS) is 18.2. The second-order valence-electron chi connectivity index (χ2n) is 8.17. The van der Waals surface area contributed by atoms with Gasteiger partial charge in [0.15, 0.2) is 5.96 Å². The number of carboxylic acid groups (broad SMARTS) is 1. The molecule has 0 aromatic carbocycles. The number of hydrogen-bond donors (Lipinski definition) is 7. The number of hydrogen-bond acceptors (Lipinski definition) is 7. The average Bonchev–Trinajstić information content (AvgIpc) is 3.24. The first kappa shape index (κ1) is 28.1. The summed E-state index contributed by atoms with van der Waals surface area (Å²) < 4.78 is 0. The molecule has 188 valence electrons. The number of aliphatic imine (C=N–C) groups is 1. The first-order valence-corrected chi connectivity index (χ1v) is 11.2. The summed E-state index contributed by atoms with van der Waals surface area (Å²) in [5, 5.41) is 14.6. The summed E-state index contributed by atoms with van der Waals surface area (Å²) in [6.45, 7) is 2.54. The molecule has 1 heterocycles. The highest BCUT2D eigenvalue weighted by Gasteiger charge is 2.38. The zero-order valence-electron chi connectivity index (χ0n) is 19.2. The maximum atomic E-state index is 13.2. The SMILES string of the molecule is CC(N)C(=O)NC(CCCCN)C(=O)N1CCCC1C(=O)NC(CCCN=C(N)N)C(=O)O. The molecule has 4 atom stereocenters. The molecule has 13 nitrogen and oxygen atoms in total. The summed E-state index contributed by atoms with van der Waals surface area (Å²) in [5.74, 6) is -2.68. The standard InChI is InChI=1S/C20H38N8O5/c1-12(22)16(29)26-13(6-2-3-9-21)18(31)28-11-5-8-15(28)17(30)27-14(19(32)33)7-4-10-25-20(23)24/h12-15H,2-11,21-22H2,1H3,(H,26,29)(H,27,30)(H,32,33)(H4,23,24,25). The predicted molar refractivity (Wildman–Crippen MR) is 123 cm³/mol. The Morgan fingerprint density at radius 1 is 1.09 bits per heavy atom. The summed E-state index contributed by atoms with van der Waals surface area (Å²) in [6.07, 6.45) is 3.13. The highest BCUT2D eigenvalue weighted by atomic mass is 16.4. The van der Waals surface area contributed by atoms with E-state index in [2.05, 4.69) is 15.6 Å². The second-order valence-corrected chi connectivity index (χ2v) is 8.17. The summed E-state index contributed by atoms with van der Waals surface area (Å²) >= 11 is 0. The van der Waals surface area contributed by atoms with Crippen molar-refractivity contribution in [3.05, 3.63) is 0 Å². The fraction of sp³-hybridized carbons (Fsp3) is 0.750. The number of nitrogens with one attached hydrogen (secondary N) is 2. The number of rotatable bonds is 14. The van der Waals surface area contributed by atoms with Crippen molar-refractivity contribution >= 4 is 29.7 Å². The van der Waals surface area contributed by atoms with Gasteiger partial charge in [0.25, 0.3) is 0 Å². The van der Waals surface area contributed by atoms with Crippen LogP contribution >= 0.6 is 0 Å². The summed E-state index contributed by atoms with van der Waals surface area (Å²) in [4.78, 5) is 55.0. The van der Waals surface area contributed by atoms with Crippen LogP contribution in [0.15, 0.2) is 4.99 Å². The molecule has 0 aliphatic carbocycles. The maximum Gasteiger partial charge on any atom is 0.326 e. The monoisotopic (exact) mass is 470 g/mol. The van der Waals surface area contributed by atoms with Crippen LogP contribution in [0.25, 0.3) is 0 Å². The van der Waals surface area contributed by atoms with Gasteiger partial charge in [0.2, 0.25) is 17.7 Å². The molecule has 11 N–H and O–H groups in total. The fourth-order valence-corrected chi connectivity index (χ4v) is 3.59. The number of guanidine groups is 1. The van der Waals surface area contributed by atoms with Crippen LogP contribution in [0.2, 0.25) is 0 Å². The van der Waals surface area contributed by atoms with Gasteiger partial charge in [-0.05, 0) is 58.4 Å². The molecule has 1 aliphatic rings. The molecule has 3 amide bonds. The van der Waals surface area contributed by atoms with Crippen LogP contribution in [0, 0.1) is 0 Å². The third-order valence-electron chi connectivity index (χ3n) is 5.37. The van der Waals surface area contributed by atoms with Crippen molar-refractivity contribution < 1.29 is 24.3 Å². The Labute approximate surface area is 193 Å². The molecule has 13 heteroatoms. The smallest absolute Gasteiger partial charge is 0.326 e. The molecule has 1 fully saturated rings. The van der Waals surface area contributed by atoms with Crippen LogP contribution in [-0.2, 0) is 19.2 Å². The molecule has 4 unspecified atom stereocenters. The van der Waals surface area contributed by atoms with Crippen LogP contribution in [0.1, 0.15) is 51.9 Å². The lowest BCUT2D eigenvalue weighted by Crippen LogP contribution is -2.56. The molecule has 0 spiro atoms. The van der Waals surface area contributed by atoms with Crippen molar-refractivity contribution in [2.45, 2.75) is 76.0 Å². The Bertz CT molecular complexity index is 711. The van der Waals surface area contributed by atoms with E-state index in [1.165, 1.54) is 11.8 Å². The van der Waals surface area contributed by atoms with E-state index < -0.39 is 47.9 Å². The van der Waals surface area contributed by atoms with Crippen molar-refractivity contribution in [2.75, 3.05) is 19.6 Å². The number of carbonyl (C=O) groups is 4. The zero-order valence-corrected chi connectivity index (χ0v) is 19.2. The van der Waals surface area contributed by atoms with Gasteiger partial charge in [-0.1, -0.05) is 0 Å². The highest BCUT2D eigenvalue weighted by Crippen LogP contribution is 2.20. The lowest BCUT2D eigenvalue weighted by molar-refractivity contribution is -0.145. The Hall–Kier alpha value is -2.93. The molecular formula is C20H38N8O5. The van der Waals surface area contributed by atoms with Gasteiger partial charge < -0.3 is 43.6 Å². The minimum absolute atomic E-state index is 0.0943. The number of likely N-dealkylation sites (tertiary alicyclic amines) is 1. The minimum Gasteiger partial charge on any atom is -0.480 e. The van der Waals surface area contributed by atoms with E-state index in [1.807, 2.05) is 0 Å². The van der Waals surface area contributed by atoms with Gasteiger partial charge in [0.05, 0.1) is 6.04 Å². The van der Waals surface area contributed by atoms with Gasteiger partial charge in [0.1, 0.15) is 18.1 Å². The van der Waals surface area contributed by atoms with Crippen molar-refractivity contribution in [1.82, 2.24) is 15.5 Å². The van der Waals surface area contributed by atoms with Crippen molar-refractivity contribution in [3.8, 4) is 0 Å². The number of carbonyl (C=O) groups excluding carboxylic acids is 3. The quantitative estimate of drug-likeness (QED) is 0.0810. The van der Waals surface area contributed by atoms with Crippen LogP contribution in [0.4, 0.5) is 0 Å². The Morgan fingerprint density at radius 2 is 1.76 bits per heavy atom. The topological polar surface area (TPSA) is 232 Å². The molecular weight excluding hydrogens is 432 g/mol.